The van der Waals surface area contributed by atoms with Gasteiger partial charge in [0.1, 0.15) is 0 Å². The molecular weight excluding hydrogens is 635 g/mol. The molecule has 0 bridgehead atoms. The molecule has 0 spiro atoms. The van der Waals surface area contributed by atoms with E-state index in [2.05, 4.69) is 50.2 Å². The zero-order valence-electron chi connectivity index (χ0n) is 17.5. The molecule has 0 fully saturated rings. The molecule has 0 saturated carbocycles. The van der Waals surface area contributed by atoms with Crippen molar-refractivity contribution in [2.45, 2.75) is 79.4 Å². The molecule has 25 heavy (non-hydrogen) atoms. The molecule has 2 radical (unpaired) electrons. The largest absolute Gasteiger partial charge is 1.00 e. The van der Waals surface area contributed by atoms with E-state index in [9.17, 15) is 4.79 Å². The van der Waals surface area contributed by atoms with Crippen LogP contribution in [-0.2, 0) is 57.9 Å². The molecule has 0 aliphatic heterocycles. The van der Waals surface area contributed by atoms with E-state index in [1.165, 1.54) is 7.05 Å². The third kappa shape index (κ3) is 23.1. The zero-order valence-corrected chi connectivity index (χ0v) is 28.0. The van der Waals surface area contributed by atoms with Crippen molar-refractivity contribution in [3.8, 4) is 0 Å². The van der Waals surface area contributed by atoms with Crippen LogP contribution >= 0.6 is 0 Å². The minimum absolute atomic E-state index is 0. The molecular formula is C18H39N3ORbReY-3. The summed E-state index contributed by atoms with van der Waals surface area (Å²) >= 11 is 0. The van der Waals surface area contributed by atoms with Crippen LogP contribution in [0.4, 0.5) is 0 Å². The van der Waals surface area contributed by atoms with E-state index >= 15 is 0 Å². The summed E-state index contributed by atoms with van der Waals surface area (Å²) in [6, 6.07) is 0. The predicted molar refractivity (Wildman–Crippen MR) is 100 cm³/mol. The Morgan fingerprint density at radius 2 is 1.28 bits per heavy atom. The summed E-state index contributed by atoms with van der Waals surface area (Å²) in [4.78, 5) is 13.5. The number of carbonyl (C=O) groups is 1. The van der Waals surface area contributed by atoms with Crippen molar-refractivity contribution in [3.63, 3.8) is 0 Å². The van der Waals surface area contributed by atoms with Crippen molar-refractivity contribution in [2.75, 3.05) is 20.1 Å². The molecule has 0 aromatic heterocycles. The van der Waals surface area contributed by atoms with Crippen molar-refractivity contribution in [3.05, 3.63) is 24.5 Å². The van der Waals surface area contributed by atoms with Gasteiger partial charge in [-0.25, -0.2) is 0 Å². The molecule has 4 nitrogen and oxygen atoms in total. The maximum atomic E-state index is 11.3. The Bertz CT molecular complexity index is 312. The minimum atomic E-state index is -0.688. The Labute approximate surface area is 246 Å². The maximum Gasteiger partial charge on any atom is 1.00 e. The molecule has 0 rings (SSSR count). The van der Waals surface area contributed by atoms with E-state index in [4.69, 9.17) is 0 Å². The predicted octanol–water partition coefficient (Wildman–Crippen LogP) is 1.86. The third-order valence-electron chi connectivity index (χ3n) is 2.83. The molecule has 1 amide bonds. The molecule has 0 unspecified atom stereocenters. The van der Waals surface area contributed by atoms with Crippen LogP contribution in [-0.4, -0.2) is 47.6 Å². The number of likely N-dealkylation sites (N-methyl/N-ethyl adjacent to an activating group) is 1. The normalized spacial score (nSPS) is 10.7. The number of hydrogen-bond donors (Lipinski definition) is 0. The second-order valence-corrected chi connectivity index (χ2v) is 7.53. The fraction of sp³-hybridized carbons (Fsp3) is 0.833. The van der Waals surface area contributed by atoms with Crippen LogP contribution in [0.5, 0.6) is 0 Å². The van der Waals surface area contributed by atoms with Gasteiger partial charge < -0.3 is 34.2 Å². The first-order valence-corrected chi connectivity index (χ1v) is 7.43. The van der Waals surface area contributed by atoms with Crippen LogP contribution in [0.2, 0.25) is 0 Å². The van der Waals surface area contributed by atoms with Gasteiger partial charge in [-0.05, 0) is 20.8 Å². The Morgan fingerprint density at radius 3 is 1.40 bits per heavy atom. The molecule has 0 aromatic rings. The summed E-state index contributed by atoms with van der Waals surface area (Å²) in [5, 5.41) is 7.98. The first-order valence-electron chi connectivity index (χ1n) is 7.43. The molecule has 7 heteroatoms. The Kier molecular flexibility index (Phi) is 32.0. The van der Waals surface area contributed by atoms with Gasteiger partial charge in [0.05, 0.1) is 0 Å². The molecule has 0 saturated heterocycles. The Hall–Kier alpha value is 2.96. The average Bonchev–Trinajstić information content (AvgIpc) is 2.25. The topological polar surface area (TPSA) is 48.5 Å². The van der Waals surface area contributed by atoms with Crippen LogP contribution in [0.1, 0.15) is 62.8 Å². The Morgan fingerprint density at radius 1 is 0.960 bits per heavy atom. The van der Waals surface area contributed by atoms with Gasteiger partial charge in [0.25, 0.3) is 0 Å². The summed E-state index contributed by atoms with van der Waals surface area (Å²) in [5.74, 6) is -0.169. The van der Waals surface area contributed by atoms with Gasteiger partial charge in [-0.3, -0.25) is 0 Å². The Balaban J connectivity index is -0.0000000639. The minimum Gasteiger partial charge on any atom is -0.657 e. The van der Waals surface area contributed by atoms with Crippen molar-refractivity contribution in [2.24, 2.45) is 0 Å². The monoisotopic (exact) mass is 674 g/mol. The van der Waals surface area contributed by atoms with Crippen molar-refractivity contribution in [1.29, 1.82) is 0 Å². The van der Waals surface area contributed by atoms with E-state index in [0.29, 0.717) is 0 Å². The van der Waals surface area contributed by atoms with E-state index < -0.39 is 5.54 Å². The van der Waals surface area contributed by atoms with Crippen LogP contribution in [0.25, 0.3) is 10.6 Å². The summed E-state index contributed by atoms with van der Waals surface area (Å²) in [6.07, 6.45) is 0. The van der Waals surface area contributed by atoms with Gasteiger partial charge in [0.2, 0.25) is 0 Å². The summed E-state index contributed by atoms with van der Waals surface area (Å²) in [5.41, 5.74) is -0.652. The van der Waals surface area contributed by atoms with Gasteiger partial charge in [-0.15, -0.1) is 25.7 Å². The van der Waals surface area contributed by atoms with Gasteiger partial charge in [0.15, 0.2) is 0 Å². The van der Waals surface area contributed by atoms with Crippen LogP contribution in [0.15, 0.2) is 0 Å². The summed E-state index contributed by atoms with van der Waals surface area (Å²) in [7, 11) is 1.50. The van der Waals surface area contributed by atoms with Crippen LogP contribution in [0, 0.1) is 13.8 Å². The average molecular weight is 674 g/mol. The maximum absolute atomic E-state index is 11.3. The first-order chi connectivity index (χ1) is 9.21. The number of nitrogens with zero attached hydrogens (tertiary/aromatic N) is 3. The standard InChI is InChI=1S/C9H19N2O.C8H17N.CH4.Rb.Re.Y/c1-8(2,3)11-9(4,5)7(12)10-6;1-6-9(7-2)8(3,4)5;;;;/h1-6H3,(H,10,12);1-2,6-7H2,3-5H3;1H4;;;/q-1;-2;;+1;;/p-1. The fourth-order valence-corrected chi connectivity index (χ4v) is 1.94. The molecule has 0 aliphatic carbocycles. The molecule has 0 aliphatic rings. The third-order valence-corrected chi connectivity index (χ3v) is 2.83. The van der Waals surface area contributed by atoms with Crippen LogP contribution in [0.3, 0.4) is 0 Å². The smallest absolute Gasteiger partial charge is 0.657 e. The van der Waals surface area contributed by atoms with Gasteiger partial charge in [-0.1, -0.05) is 47.6 Å². The van der Waals surface area contributed by atoms with E-state index in [-0.39, 0.29) is 136 Å². The van der Waals surface area contributed by atoms with E-state index in [1.54, 1.807) is 13.8 Å². The van der Waals surface area contributed by atoms with Crippen molar-refractivity contribution in [1.82, 2.24) is 4.90 Å². The first kappa shape index (κ1) is 42.1. The second kappa shape index (κ2) is 19.0. The number of carbonyl (C=O) groups excluding carboxylic acids is 1. The SMILES string of the molecule is C.C[N-]C(=O)C(C)(C)[N-]C(C)(C)C.[CH2-]CN(C[CH2-])C(C)(C)C.[Rb+].[Re].[Y]. The number of amides is 1. The van der Waals surface area contributed by atoms with Crippen molar-refractivity contribution >= 4 is 5.91 Å². The van der Waals surface area contributed by atoms with Gasteiger partial charge >= 0.3 is 58.2 Å². The molecule has 0 heterocycles. The molecule has 0 atom stereocenters. The fourth-order valence-electron chi connectivity index (χ4n) is 1.94. The van der Waals surface area contributed by atoms with E-state index in [0.717, 1.165) is 13.1 Å². The molecule has 146 valence electrons. The van der Waals surface area contributed by atoms with Gasteiger partial charge in [0, 0.05) is 64.6 Å². The van der Waals surface area contributed by atoms with Gasteiger partial charge in [-0.2, -0.15) is 0 Å². The number of rotatable bonds is 4. The molecule has 0 aromatic carbocycles. The number of hydrogen-bond acceptors (Lipinski definition) is 2. The second-order valence-electron chi connectivity index (χ2n) is 7.53. The van der Waals surface area contributed by atoms with Crippen molar-refractivity contribution < 1.29 is 116 Å². The summed E-state index contributed by atoms with van der Waals surface area (Å²) < 4.78 is 0. The van der Waals surface area contributed by atoms with E-state index in [1.807, 2.05) is 20.8 Å². The zero-order chi connectivity index (χ0) is 17.5. The van der Waals surface area contributed by atoms with Crippen LogP contribution < -0.4 is 58.2 Å². The summed E-state index contributed by atoms with van der Waals surface area (Å²) in [6.45, 7) is 25.3. The quantitative estimate of drug-likeness (QED) is 0.428. The molecule has 0 N–H and O–H groups in total.